The van der Waals surface area contributed by atoms with Crippen molar-refractivity contribution in [2.45, 2.75) is 19.4 Å². The summed E-state index contributed by atoms with van der Waals surface area (Å²) in [5, 5.41) is 13.1. The number of nitrogens with zero attached hydrogens (tertiary/aromatic N) is 2. The van der Waals surface area contributed by atoms with Crippen molar-refractivity contribution in [3.8, 4) is 11.3 Å². The Morgan fingerprint density at radius 3 is 2.46 bits per heavy atom. The molecule has 0 aliphatic heterocycles. The van der Waals surface area contributed by atoms with Crippen LogP contribution in [-0.2, 0) is 0 Å². The molecule has 0 saturated carbocycles. The molecule has 0 amide bonds. The fourth-order valence-electron chi connectivity index (χ4n) is 3.60. The van der Waals surface area contributed by atoms with E-state index >= 15 is 0 Å². The van der Waals surface area contributed by atoms with Gasteiger partial charge in [-0.15, -0.1) is 0 Å². The number of allylic oxidation sites excluding steroid dienone is 4. The Labute approximate surface area is 181 Å². The van der Waals surface area contributed by atoms with Gasteiger partial charge < -0.3 is 10.7 Å². The van der Waals surface area contributed by atoms with E-state index < -0.39 is 0 Å². The van der Waals surface area contributed by atoms with Crippen LogP contribution in [0.25, 0.3) is 25.8 Å². The van der Waals surface area contributed by atoms with Crippen LogP contribution in [0.4, 0.5) is 0 Å². The quantitative estimate of drug-likeness (QED) is 0.676. The van der Waals surface area contributed by atoms with Gasteiger partial charge in [-0.05, 0) is 40.9 Å². The van der Waals surface area contributed by atoms with E-state index in [4.69, 9.17) is 15.4 Å². The second kappa shape index (κ2) is 7.85. The summed E-state index contributed by atoms with van der Waals surface area (Å²) in [5.41, 5.74) is 4.41. The average molecular weight is 500 g/mol. The smallest absolute Gasteiger partial charge is 0.106 e. The highest BCUT2D eigenvalue weighted by Gasteiger charge is 2.28. The van der Waals surface area contributed by atoms with Crippen LogP contribution in [0.1, 0.15) is 19.0 Å². The molecule has 2 N–H and O–H groups in total. The number of aromatic nitrogens is 2. The van der Waals surface area contributed by atoms with Gasteiger partial charge in [0, 0.05) is 10.0 Å². The van der Waals surface area contributed by atoms with E-state index in [2.05, 4.69) is 74.5 Å². The summed E-state index contributed by atoms with van der Waals surface area (Å²) in [6, 6.07) is 9.89. The molecule has 0 spiro atoms. The molecule has 2 aromatic rings. The van der Waals surface area contributed by atoms with E-state index in [9.17, 15) is 0 Å². The van der Waals surface area contributed by atoms with Crippen molar-refractivity contribution in [1.82, 2.24) is 15.3 Å². The first-order valence-electron chi connectivity index (χ1n) is 9.19. The van der Waals surface area contributed by atoms with Gasteiger partial charge in [-0.2, -0.15) is 0 Å². The third kappa shape index (κ3) is 3.23. The Bertz CT molecular complexity index is 1130. The van der Waals surface area contributed by atoms with E-state index in [1.165, 1.54) is 5.57 Å². The van der Waals surface area contributed by atoms with Crippen LogP contribution in [0, 0.1) is 11.3 Å². The first kappa shape index (κ1) is 19.4. The Kier molecular flexibility index (Phi) is 5.45. The molecular weight excluding hydrogens is 480 g/mol. The molecule has 1 heterocycles. The molecule has 1 aromatic heterocycles. The van der Waals surface area contributed by atoms with Crippen molar-refractivity contribution in [3.05, 3.63) is 65.0 Å². The van der Waals surface area contributed by atoms with Crippen LogP contribution in [0.15, 0.2) is 48.6 Å². The van der Waals surface area contributed by atoms with Crippen molar-refractivity contribution < 1.29 is 0 Å². The zero-order valence-electron chi connectivity index (χ0n) is 15.6. The summed E-state index contributed by atoms with van der Waals surface area (Å²) in [4.78, 5) is 10.1. The second-order valence-electron chi connectivity index (χ2n) is 6.97. The van der Waals surface area contributed by atoms with E-state index in [1.54, 1.807) is 0 Å². The molecule has 2 atom stereocenters. The fourth-order valence-corrected chi connectivity index (χ4v) is 4.84. The molecule has 0 bridgehead atoms. The number of nitrogens with one attached hydrogen (secondary N) is 2. The van der Waals surface area contributed by atoms with E-state index in [0.29, 0.717) is 21.5 Å². The first-order chi connectivity index (χ1) is 13.5. The van der Waals surface area contributed by atoms with Gasteiger partial charge in [-0.3, -0.25) is 0 Å². The molecule has 142 valence electrons. The highest BCUT2D eigenvalue weighted by Crippen LogP contribution is 2.33. The number of benzene rings is 1. The molecule has 2 aliphatic rings. The molecule has 0 saturated heterocycles. The molecule has 4 rings (SSSR count). The molecule has 6 heteroatoms. The van der Waals surface area contributed by atoms with Gasteiger partial charge >= 0.3 is 0 Å². The number of fused-ring (bicyclic) bond motifs is 1. The monoisotopic (exact) mass is 498 g/mol. The van der Waals surface area contributed by atoms with Gasteiger partial charge in [-0.25, -0.2) is 9.97 Å². The fraction of sp³-hybridized carbons (Fsp3) is 0.227. The zero-order chi connectivity index (χ0) is 19.8. The molecule has 28 heavy (non-hydrogen) atoms. The first-order valence-corrected chi connectivity index (χ1v) is 10.8. The van der Waals surface area contributed by atoms with Crippen LogP contribution in [0.3, 0.4) is 0 Å². The summed E-state index contributed by atoms with van der Waals surface area (Å²) in [5.74, 6) is 0.369. The lowest BCUT2D eigenvalue weighted by molar-refractivity contribution is 0.752. The molecule has 0 radical (unpaired) electrons. The largest absolute Gasteiger partial charge is 0.308 e. The summed E-state index contributed by atoms with van der Waals surface area (Å²) in [6.45, 7) is 2.22. The average Bonchev–Trinajstić information content (AvgIpc) is 2.73. The molecule has 1 aromatic carbocycles. The summed E-state index contributed by atoms with van der Waals surface area (Å²) in [6.07, 6.45) is 7.42. The standard InChI is InChI=1S/C22H20Br2N4/c1-12-8-6-7-11-14(12)19-18(13-9-4-3-5-10-13)27-21-15(23)17(25)20(26-2)16(24)22(21)28-19/h3-7,9-12,20,25-26H,8H2,1-2H3. The normalized spacial score (nSPS) is 21.6. The van der Waals surface area contributed by atoms with Crippen molar-refractivity contribution in [1.29, 1.82) is 5.41 Å². The minimum absolute atomic E-state index is 0.246. The van der Waals surface area contributed by atoms with Gasteiger partial charge in [0.15, 0.2) is 0 Å². The van der Waals surface area contributed by atoms with Crippen LogP contribution >= 0.6 is 31.9 Å². The predicted molar refractivity (Wildman–Crippen MR) is 123 cm³/mol. The number of hydrogen-bond acceptors (Lipinski definition) is 4. The molecular formula is C22H20Br2N4. The number of halogens is 2. The predicted octanol–water partition coefficient (Wildman–Crippen LogP) is 3.75. The summed E-state index contributed by atoms with van der Waals surface area (Å²) >= 11 is 7.27. The van der Waals surface area contributed by atoms with Gasteiger partial charge in [0.25, 0.3) is 0 Å². The molecule has 2 unspecified atom stereocenters. The van der Waals surface area contributed by atoms with Crippen LogP contribution in [0.2, 0.25) is 0 Å². The lowest BCUT2D eigenvalue weighted by Crippen LogP contribution is -2.48. The third-order valence-corrected chi connectivity index (χ3v) is 6.79. The maximum atomic E-state index is 8.48. The highest BCUT2D eigenvalue weighted by atomic mass is 79.9. The van der Waals surface area contributed by atoms with Crippen molar-refractivity contribution in [2.24, 2.45) is 5.92 Å². The Morgan fingerprint density at radius 1 is 1.07 bits per heavy atom. The Morgan fingerprint density at radius 2 is 1.79 bits per heavy atom. The topological polar surface area (TPSA) is 61.7 Å². The van der Waals surface area contributed by atoms with Gasteiger partial charge in [0.2, 0.25) is 0 Å². The number of hydrogen-bond donors (Lipinski definition) is 2. The van der Waals surface area contributed by atoms with Crippen LogP contribution < -0.4 is 16.0 Å². The van der Waals surface area contributed by atoms with E-state index in [0.717, 1.165) is 33.2 Å². The van der Waals surface area contributed by atoms with Gasteiger partial charge in [0.05, 0.1) is 27.6 Å². The minimum atomic E-state index is -0.246. The second-order valence-corrected chi connectivity index (χ2v) is 8.62. The highest BCUT2D eigenvalue weighted by molar-refractivity contribution is 9.15. The minimum Gasteiger partial charge on any atom is -0.308 e. The van der Waals surface area contributed by atoms with Crippen LogP contribution in [0.5, 0.6) is 0 Å². The zero-order valence-corrected chi connectivity index (χ0v) is 18.8. The van der Waals surface area contributed by atoms with Gasteiger partial charge in [0.1, 0.15) is 10.7 Å². The lowest BCUT2D eigenvalue weighted by atomic mass is 9.89. The Hall–Kier alpha value is -1.89. The van der Waals surface area contributed by atoms with Crippen molar-refractivity contribution in [2.75, 3.05) is 7.05 Å². The van der Waals surface area contributed by atoms with E-state index in [-0.39, 0.29) is 6.04 Å². The Balaban J connectivity index is 2.11. The lowest BCUT2D eigenvalue weighted by Gasteiger charge is -2.23. The van der Waals surface area contributed by atoms with E-state index in [1.807, 2.05) is 25.2 Å². The SMILES string of the molecule is CNC1C(=N)C(Br)=c2nc(-c3ccccc3)c(C3=CC=CCC3C)nc2=C1Br. The summed E-state index contributed by atoms with van der Waals surface area (Å²) in [7, 11) is 1.84. The van der Waals surface area contributed by atoms with Crippen molar-refractivity contribution in [3.63, 3.8) is 0 Å². The van der Waals surface area contributed by atoms with Crippen molar-refractivity contribution >= 4 is 52.1 Å². The molecule has 0 fully saturated rings. The maximum Gasteiger partial charge on any atom is 0.106 e. The molecule has 4 nitrogen and oxygen atoms in total. The molecule has 2 aliphatic carbocycles. The number of rotatable bonds is 3. The van der Waals surface area contributed by atoms with Crippen LogP contribution in [-0.4, -0.2) is 28.8 Å². The summed E-state index contributed by atoms with van der Waals surface area (Å²) < 4.78 is 1.51. The third-order valence-electron chi connectivity index (χ3n) is 5.15. The maximum absolute atomic E-state index is 8.48. The van der Waals surface area contributed by atoms with Gasteiger partial charge in [-0.1, -0.05) is 71.4 Å².